The number of urea groups is 1. The predicted octanol–water partition coefficient (Wildman–Crippen LogP) is 3.97. The average molecular weight is 410 g/mol. The molecule has 0 radical (unpaired) electrons. The first-order valence-corrected chi connectivity index (χ1v) is 8.10. The van der Waals surface area contributed by atoms with E-state index in [0.717, 1.165) is 32.6 Å². The van der Waals surface area contributed by atoms with Crippen LogP contribution >= 0.6 is 22.6 Å². The van der Waals surface area contributed by atoms with E-state index in [-0.39, 0.29) is 6.03 Å². The van der Waals surface area contributed by atoms with Crippen molar-refractivity contribution in [2.45, 2.75) is 13.3 Å². The summed E-state index contributed by atoms with van der Waals surface area (Å²) in [5, 5.41) is 5.74. The van der Waals surface area contributed by atoms with E-state index >= 15 is 0 Å². The van der Waals surface area contributed by atoms with Crippen molar-refractivity contribution in [2.24, 2.45) is 0 Å². The Labute approximate surface area is 144 Å². The van der Waals surface area contributed by atoms with Gasteiger partial charge in [-0.25, -0.2) is 4.79 Å². The third-order valence-electron chi connectivity index (χ3n) is 3.29. The zero-order valence-corrected chi connectivity index (χ0v) is 14.8. The topological polar surface area (TPSA) is 50.4 Å². The number of anilines is 1. The zero-order chi connectivity index (χ0) is 15.9. The van der Waals surface area contributed by atoms with Gasteiger partial charge in [-0.15, -0.1) is 0 Å². The van der Waals surface area contributed by atoms with Crippen molar-refractivity contribution in [1.82, 2.24) is 5.32 Å². The van der Waals surface area contributed by atoms with Crippen molar-refractivity contribution < 1.29 is 9.53 Å². The lowest BCUT2D eigenvalue weighted by molar-refractivity contribution is 0.252. The molecule has 2 rings (SSSR count). The number of hydrogen-bond donors (Lipinski definition) is 2. The molecule has 0 bridgehead atoms. The minimum atomic E-state index is -0.183. The molecule has 0 aliphatic carbocycles. The number of methoxy groups -OCH3 is 1. The maximum Gasteiger partial charge on any atom is 0.319 e. The molecule has 0 atom stereocenters. The van der Waals surface area contributed by atoms with E-state index < -0.39 is 0 Å². The van der Waals surface area contributed by atoms with E-state index in [9.17, 15) is 4.79 Å². The van der Waals surface area contributed by atoms with Crippen LogP contribution in [-0.2, 0) is 6.42 Å². The molecule has 0 saturated carbocycles. The lowest BCUT2D eigenvalue weighted by Crippen LogP contribution is -2.30. The van der Waals surface area contributed by atoms with Crippen molar-refractivity contribution in [3.05, 3.63) is 57.2 Å². The second kappa shape index (κ2) is 8.03. The molecule has 5 heteroatoms. The number of aryl methyl sites for hydroxylation is 1. The third kappa shape index (κ3) is 4.91. The van der Waals surface area contributed by atoms with Crippen LogP contribution in [0, 0.1) is 10.5 Å². The van der Waals surface area contributed by atoms with Gasteiger partial charge >= 0.3 is 6.03 Å². The molecule has 0 spiro atoms. The fourth-order valence-electron chi connectivity index (χ4n) is 2.05. The number of amides is 2. The fraction of sp³-hybridized carbons (Fsp3) is 0.235. The Morgan fingerprint density at radius 1 is 1.18 bits per heavy atom. The summed E-state index contributed by atoms with van der Waals surface area (Å²) in [5.74, 6) is 0.837. The molecular formula is C17H19IN2O2. The standard InChI is InChI=1S/C17H19IN2O2/c1-12-11-14(18)5-8-16(12)20-17(21)19-10-9-13-3-6-15(22-2)7-4-13/h3-8,11H,9-10H2,1-2H3,(H2,19,20,21). The van der Waals surface area contributed by atoms with Gasteiger partial charge in [-0.1, -0.05) is 12.1 Å². The molecule has 0 saturated heterocycles. The summed E-state index contributed by atoms with van der Waals surface area (Å²) in [5.41, 5.74) is 3.05. The summed E-state index contributed by atoms with van der Waals surface area (Å²) in [6.45, 7) is 2.57. The van der Waals surface area contributed by atoms with E-state index in [1.54, 1.807) is 7.11 Å². The molecule has 0 unspecified atom stereocenters. The van der Waals surface area contributed by atoms with Crippen LogP contribution in [0.4, 0.5) is 10.5 Å². The Morgan fingerprint density at radius 3 is 2.55 bits per heavy atom. The summed E-state index contributed by atoms with van der Waals surface area (Å²) in [6.07, 6.45) is 0.781. The molecule has 0 aliphatic heterocycles. The van der Waals surface area contributed by atoms with Gasteiger partial charge in [-0.3, -0.25) is 0 Å². The summed E-state index contributed by atoms with van der Waals surface area (Å²) < 4.78 is 6.27. The van der Waals surface area contributed by atoms with E-state index in [0.29, 0.717) is 6.54 Å². The lowest BCUT2D eigenvalue weighted by Gasteiger charge is -2.10. The van der Waals surface area contributed by atoms with Crippen LogP contribution in [0.5, 0.6) is 5.75 Å². The zero-order valence-electron chi connectivity index (χ0n) is 12.7. The summed E-state index contributed by atoms with van der Waals surface area (Å²) in [6, 6.07) is 13.6. The highest BCUT2D eigenvalue weighted by molar-refractivity contribution is 14.1. The molecule has 2 aromatic rings. The molecule has 0 aromatic heterocycles. The van der Waals surface area contributed by atoms with Crippen LogP contribution in [0.15, 0.2) is 42.5 Å². The quantitative estimate of drug-likeness (QED) is 0.733. The van der Waals surface area contributed by atoms with Gasteiger partial charge in [0.05, 0.1) is 7.11 Å². The third-order valence-corrected chi connectivity index (χ3v) is 3.97. The first kappa shape index (κ1) is 16.6. The fourth-order valence-corrected chi connectivity index (χ4v) is 2.69. The number of carbonyl (C=O) groups excluding carboxylic acids is 1. The highest BCUT2D eigenvalue weighted by atomic mass is 127. The molecule has 0 fully saturated rings. The van der Waals surface area contributed by atoms with E-state index in [4.69, 9.17) is 4.74 Å². The molecule has 4 nitrogen and oxygen atoms in total. The van der Waals surface area contributed by atoms with Crippen LogP contribution in [0.25, 0.3) is 0 Å². The Morgan fingerprint density at radius 2 is 1.91 bits per heavy atom. The second-order valence-corrected chi connectivity index (χ2v) is 6.18. The van der Waals surface area contributed by atoms with Crippen molar-refractivity contribution in [3.63, 3.8) is 0 Å². The first-order chi connectivity index (χ1) is 10.6. The van der Waals surface area contributed by atoms with Gasteiger partial charge in [0.1, 0.15) is 5.75 Å². The van der Waals surface area contributed by atoms with E-state index in [2.05, 4.69) is 33.2 Å². The van der Waals surface area contributed by atoms with Crippen LogP contribution in [-0.4, -0.2) is 19.7 Å². The molecule has 116 valence electrons. The second-order valence-electron chi connectivity index (χ2n) is 4.94. The number of carbonyl (C=O) groups is 1. The Balaban J connectivity index is 1.79. The van der Waals surface area contributed by atoms with Gasteiger partial charge in [-0.05, 0) is 77.4 Å². The summed E-state index contributed by atoms with van der Waals surface area (Å²) >= 11 is 2.25. The van der Waals surface area contributed by atoms with E-state index in [1.165, 1.54) is 0 Å². The molecule has 0 aliphatic rings. The van der Waals surface area contributed by atoms with Gasteiger partial charge in [0, 0.05) is 15.8 Å². The van der Waals surface area contributed by atoms with Gasteiger partial charge in [0.2, 0.25) is 0 Å². The number of nitrogens with one attached hydrogen (secondary N) is 2. The molecular weight excluding hydrogens is 391 g/mol. The van der Waals surface area contributed by atoms with Crippen LogP contribution < -0.4 is 15.4 Å². The van der Waals surface area contributed by atoms with E-state index in [1.807, 2.05) is 49.4 Å². The normalized spacial score (nSPS) is 10.1. The Bertz CT molecular complexity index is 642. The highest BCUT2D eigenvalue weighted by Gasteiger charge is 2.04. The number of rotatable bonds is 5. The average Bonchev–Trinajstić information content (AvgIpc) is 2.51. The SMILES string of the molecule is COc1ccc(CCNC(=O)Nc2ccc(I)cc2C)cc1. The van der Waals surface area contributed by atoms with Crippen molar-refractivity contribution >= 4 is 34.3 Å². The Kier molecular flexibility index (Phi) is 6.06. The van der Waals surface area contributed by atoms with Gasteiger partial charge in [0.15, 0.2) is 0 Å². The predicted molar refractivity (Wildman–Crippen MR) is 97.6 cm³/mol. The van der Waals surface area contributed by atoms with Gasteiger partial charge < -0.3 is 15.4 Å². The minimum Gasteiger partial charge on any atom is -0.497 e. The maximum atomic E-state index is 11.9. The lowest BCUT2D eigenvalue weighted by atomic mass is 10.1. The van der Waals surface area contributed by atoms with Crippen molar-refractivity contribution in [1.29, 1.82) is 0 Å². The smallest absolute Gasteiger partial charge is 0.319 e. The summed E-state index contributed by atoms with van der Waals surface area (Å²) in [4.78, 5) is 11.9. The molecule has 2 N–H and O–H groups in total. The highest BCUT2D eigenvalue weighted by Crippen LogP contribution is 2.17. The van der Waals surface area contributed by atoms with Crippen molar-refractivity contribution in [3.8, 4) is 5.75 Å². The van der Waals surface area contributed by atoms with Crippen LogP contribution in [0.3, 0.4) is 0 Å². The molecule has 22 heavy (non-hydrogen) atoms. The van der Waals surface area contributed by atoms with Gasteiger partial charge in [0.25, 0.3) is 0 Å². The van der Waals surface area contributed by atoms with Crippen LogP contribution in [0.1, 0.15) is 11.1 Å². The maximum absolute atomic E-state index is 11.9. The first-order valence-electron chi connectivity index (χ1n) is 7.02. The minimum absolute atomic E-state index is 0.183. The number of benzene rings is 2. The number of hydrogen-bond acceptors (Lipinski definition) is 2. The largest absolute Gasteiger partial charge is 0.497 e. The Hall–Kier alpha value is -1.76. The molecule has 0 heterocycles. The molecule has 2 amide bonds. The number of halogens is 1. The van der Waals surface area contributed by atoms with Gasteiger partial charge in [-0.2, -0.15) is 0 Å². The molecule has 2 aromatic carbocycles. The van der Waals surface area contributed by atoms with Crippen LogP contribution in [0.2, 0.25) is 0 Å². The summed E-state index contributed by atoms with van der Waals surface area (Å²) in [7, 11) is 1.65. The number of ether oxygens (including phenoxy) is 1. The monoisotopic (exact) mass is 410 g/mol. The van der Waals surface area contributed by atoms with Crippen molar-refractivity contribution in [2.75, 3.05) is 19.0 Å².